The first-order valence-corrected chi connectivity index (χ1v) is 10.8. The Kier molecular flexibility index (Phi) is 7.72. The topological polar surface area (TPSA) is 73.3 Å². The molecule has 1 aromatic rings. The van der Waals surface area contributed by atoms with Crippen molar-refractivity contribution < 1.29 is 32.6 Å². The van der Waals surface area contributed by atoms with Gasteiger partial charge in [-0.15, -0.1) is 11.3 Å². The van der Waals surface area contributed by atoms with Crippen LogP contribution < -0.4 is 0 Å². The van der Waals surface area contributed by atoms with E-state index < -0.39 is 12.1 Å². The molecule has 30 heavy (non-hydrogen) atoms. The van der Waals surface area contributed by atoms with E-state index in [1.165, 1.54) is 37.3 Å². The van der Waals surface area contributed by atoms with Gasteiger partial charge in [0.1, 0.15) is 0 Å². The summed E-state index contributed by atoms with van der Waals surface area (Å²) < 4.78 is 37.7. The van der Waals surface area contributed by atoms with E-state index in [0.29, 0.717) is 6.04 Å². The predicted molar refractivity (Wildman–Crippen MR) is 105 cm³/mol. The number of thiophene rings is 1. The lowest BCUT2D eigenvalue weighted by atomic mass is 10.1. The molecule has 0 aliphatic carbocycles. The minimum absolute atomic E-state index is 0.164. The number of fused-ring (bicyclic) bond motifs is 1. The summed E-state index contributed by atoms with van der Waals surface area (Å²) in [5, 5.41) is 9.09. The molecule has 0 saturated carbocycles. The molecule has 0 radical (unpaired) electrons. The van der Waals surface area contributed by atoms with Crippen molar-refractivity contribution in [2.75, 3.05) is 52.4 Å². The Bertz CT molecular complexity index is 710. The molecule has 7 nitrogen and oxygen atoms in total. The van der Waals surface area contributed by atoms with Crippen molar-refractivity contribution in [3.05, 3.63) is 22.4 Å². The third kappa shape index (κ3) is 5.93. The van der Waals surface area contributed by atoms with Crippen LogP contribution in [-0.4, -0.2) is 102 Å². The fourth-order valence-electron chi connectivity index (χ4n) is 4.03. The Morgan fingerprint density at radius 2 is 1.87 bits per heavy atom. The molecule has 0 spiro atoms. The monoisotopic (exact) mass is 449 g/mol. The second-order valence-corrected chi connectivity index (χ2v) is 8.50. The number of hydrogen-bond donors (Lipinski definition) is 1. The summed E-state index contributed by atoms with van der Waals surface area (Å²) in [5.74, 6) is -2.59. The fourth-order valence-corrected chi connectivity index (χ4v) is 4.72. The number of carboxylic acids is 1. The van der Waals surface area contributed by atoms with Gasteiger partial charge in [-0.05, 0) is 37.4 Å². The first kappa shape index (κ1) is 23.0. The lowest BCUT2D eigenvalue weighted by molar-refractivity contribution is -0.192. The summed E-state index contributed by atoms with van der Waals surface area (Å²) in [5.41, 5.74) is 0. The molecule has 1 N–H and O–H groups in total. The van der Waals surface area contributed by atoms with Gasteiger partial charge in [0.05, 0.1) is 23.6 Å². The summed E-state index contributed by atoms with van der Waals surface area (Å²) in [6, 6.07) is 4.23. The zero-order valence-electron chi connectivity index (χ0n) is 16.5. The van der Waals surface area contributed by atoms with Gasteiger partial charge in [-0.2, -0.15) is 13.2 Å². The van der Waals surface area contributed by atoms with Crippen LogP contribution in [0.2, 0.25) is 0 Å². The average molecular weight is 449 g/mol. The number of morpholine rings is 1. The average Bonchev–Trinajstić information content (AvgIpc) is 3.47. The third-order valence-electron chi connectivity index (χ3n) is 5.58. The zero-order valence-corrected chi connectivity index (χ0v) is 17.3. The number of hydrogen-bond acceptors (Lipinski definition) is 6. The van der Waals surface area contributed by atoms with E-state index >= 15 is 0 Å². The second kappa shape index (κ2) is 10.1. The molecular formula is C19H26F3N3O4S. The Balaban J connectivity index is 0.000000318. The van der Waals surface area contributed by atoms with E-state index in [0.717, 1.165) is 44.2 Å². The summed E-state index contributed by atoms with van der Waals surface area (Å²) >= 11 is 1.53. The highest BCUT2D eigenvalue weighted by atomic mass is 32.1. The predicted octanol–water partition coefficient (Wildman–Crippen LogP) is 2.00. The number of alkyl halides is 3. The third-order valence-corrected chi connectivity index (χ3v) is 6.44. The molecule has 0 unspecified atom stereocenters. The van der Waals surface area contributed by atoms with Gasteiger partial charge in [0.25, 0.3) is 5.91 Å². The lowest BCUT2D eigenvalue weighted by Crippen LogP contribution is -2.52. The Morgan fingerprint density at radius 3 is 2.47 bits per heavy atom. The molecule has 1 aromatic heterocycles. The number of aliphatic carboxylic acids is 1. The van der Waals surface area contributed by atoms with Crippen LogP contribution in [0.25, 0.3) is 0 Å². The Hall–Kier alpha value is -1.69. The minimum Gasteiger partial charge on any atom is -0.475 e. The minimum atomic E-state index is -5.08. The molecule has 3 aliphatic heterocycles. The SMILES string of the molecule is O=C(O)C(F)(F)F.O=C(c1cccs1)N1C[C@@H]2OCCN(CCN3CCCC3)[C@@H]2C1. The smallest absolute Gasteiger partial charge is 0.475 e. The van der Waals surface area contributed by atoms with Crippen LogP contribution in [0.5, 0.6) is 0 Å². The number of carboxylic acid groups (broad SMARTS) is 1. The van der Waals surface area contributed by atoms with Gasteiger partial charge in [-0.3, -0.25) is 9.69 Å². The molecule has 3 fully saturated rings. The van der Waals surface area contributed by atoms with Crippen molar-refractivity contribution in [1.82, 2.24) is 14.7 Å². The Morgan fingerprint density at radius 1 is 1.17 bits per heavy atom. The molecule has 2 atom stereocenters. The summed E-state index contributed by atoms with van der Waals surface area (Å²) in [6.45, 7) is 8.09. The highest BCUT2D eigenvalue weighted by Gasteiger charge is 2.42. The lowest BCUT2D eigenvalue weighted by Gasteiger charge is -2.37. The molecular weight excluding hydrogens is 423 g/mol. The molecule has 1 amide bonds. The van der Waals surface area contributed by atoms with Gasteiger partial charge in [-0.25, -0.2) is 4.79 Å². The number of rotatable bonds is 4. The van der Waals surface area contributed by atoms with Crippen molar-refractivity contribution >= 4 is 23.2 Å². The summed E-state index contributed by atoms with van der Waals surface area (Å²) in [7, 11) is 0. The van der Waals surface area contributed by atoms with Crippen LogP contribution in [0.3, 0.4) is 0 Å². The van der Waals surface area contributed by atoms with Crippen molar-refractivity contribution in [2.24, 2.45) is 0 Å². The number of likely N-dealkylation sites (tertiary alicyclic amines) is 2. The van der Waals surface area contributed by atoms with E-state index in [1.807, 2.05) is 22.4 Å². The number of carbonyl (C=O) groups excluding carboxylic acids is 1. The summed E-state index contributed by atoms with van der Waals surface area (Å²) in [6.07, 6.45) is -2.21. The number of amides is 1. The van der Waals surface area contributed by atoms with Crippen LogP contribution in [0.1, 0.15) is 22.5 Å². The van der Waals surface area contributed by atoms with Crippen LogP contribution in [-0.2, 0) is 9.53 Å². The van der Waals surface area contributed by atoms with E-state index in [-0.39, 0.29) is 12.0 Å². The highest BCUT2D eigenvalue weighted by molar-refractivity contribution is 7.12. The molecule has 0 aromatic carbocycles. The molecule has 0 bridgehead atoms. The van der Waals surface area contributed by atoms with Crippen LogP contribution in [0.4, 0.5) is 13.2 Å². The second-order valence-electron chi connectivity index (χ2n) is 7.55. The fraction of sp³-hybridized carbons (Fsp3) is 0.684. The van der Waals surface area contributed by atoms with Gasteiger partial charge in [-0.1, -0.05) is 6.07 Å². The van der Waals surface area contributed by atoms with Crippen LogP contribution in [0, 0.1) is 0 Å². The summed E-state index contributed by atoms with van der Waals surface area (Å²) in [4.78, 5) is 29.4. The van der Waals surface area contributed by atoms with Gasteiger partial charge in [0.15, 0.2) is 0 Å². The van der Waals surface area contributed by atoms with Gasteiger partial charge < -0.3 is 19.6 Å². The number of carbonyl (C=O) groups is 2. The molecule has 4 heterocycles. The van der Waals surface area contributed by atoms with Gasteiger partial charge in [0, 0.05) is 32.7 Å². The van der Waals surface area contributed by atoms with Crippen LogP contribution in [0.15, 0.2) is 17.5 Å². The molecule has 4 rings (SSSR count). The maximum atomic E-state index is 12.6. The van der Waals surface area contributed by atoms with Gasteiger partial charge >= 0.3 is 12.1 Å². The largest absolute Gasteiger partial charge is 0.490 e. The maximum absolute atomic E-state index is 12.6. The molecule has 168 valence electrons. The standard InChI is InChI=1S/C17H25N3O2S.C2HF3O2/c21-17(16-4-3-11-23-16)20-12-14-15(13-20)22-10-9-19(14)8-7-18-5-1-2-6-18;3-2(4,5)1(6)7/h3-4,11,14-15H,1-2,5-10,12-13H2;(H,6,7)/t14-,15+;/m1./s1. The van der Waals surface area contributed by atoms with E-state index in [9.17, 15) is 18.0 Å². The normalized spacial score (nSPS) is 25.0. The molecule has 11 heteroatoms. The van der Waals surface area contributed by atoms with Gasteiger partial charge in [0.2, 0.25) is 0 Å². The van der Waals surface area contributed by atoms with E-state index in [4.69, 9.17) is 14.6 Å². The first-order chi connectivity index (χ1) is 14.3. The van der Waals surface area contributed by atoms with E-state index in [2.05, 4.69) is 9.80 Å². The van der Waals surface area contributed by atoms with Crippen molar-refractivity contribution in [3.8, 4) is 0 Å². The first-order valence-electron chi connectivity index (χ1n) is 9.96. The number of nitrogens with zero attached hydrogens (tertiary/aromatic N) is 3. The maximum Gasteiger partial charge on any atom is 0.490 e. The van der Waals surface area contributed by atoms with Crippen molar-refractivity contribution in [2.45, 2.75) is 31.2 Å². The van der Waals surface area contributed by atoms with Crippen molar-refractivity contribution in [3.63, 3.8) is 0 Å². The zero-order chi connectivity index (χ0) is 21.7. The van der Waals surface area contributed by atoms with Crippen molar-refractivity contribution in [1.29, 1.82) is 0 Å². The number of halogens is 3. The quantitative estimate of drug-likeness (QED) is 0.758. The molecule has 3 aliphatic rings. The van der Waals surface area contributed by atoms with E-state index in [1.54, 1.807) is 0 Å². The molecule has 3 saturated heterocycles. The van der Waals surface area contributed by atoms with Crippen LogP contribution >= 0.6 is 11.3 Å². The highest BCUT2D eigenvalue weighted by Crippen LogP contribution is 2.25. The Labute approximate surface area is 177 Å². The number of ether oxygens (including phenoxy) is 1.